The fourth-order valence-corrected chi connectivity index (χ4v) is 2.91. The molecule has 1 saturated heterocycles. The van der Waals surface area contributed by atoms with Crippen molar-refractivity contribution in [3.05, 3.63) is 35.2 Å². The minimum absolute atomic E-state index is 0.216. The van der Waals surface area contributed by atoms with Crippen LogP contribution in [0.3, 0.4) is 0 Å². The Morgan fingerprint density at radius 3 is 3.09 bits per heavy atom. The highest BCUT2D eigenvalue weighted by molar-refractivity contribution is 6.30. The third-order valence-corrected chi connectivity index (χ3v) is 4.23. The quantitative estimate of drug-likeness (QED) is 0.904. The Morgan fingerprint density at radius 1 is 1.50 bits per heavy atom. The molecule has 1 aliphatic rings. The van der Waals surface area contributed by atoms with E-state index in [4.69, 9.17) is 11.6 Å². The summed E-state index contributed by atoms with van der Waals surface area (Å²) >= 11 is 5.74. The van der Waals surface area contributed by atoms with E-state index in [1.165, 1.54) is 6.07 Å². The lowest BCUT2D eigenvalue weighted by Gasteiger charge is -2.27. The van der Waals surface area contributed by atoms with Crippen molar-refractivity contribution >= 4 is 11.6 Å². The average Bonchev–Trinajstić information content (AvgIpc) is 2.96. The predicted octanol–water partition coefficient (Wildman–Crippen LogP) is 2.10. The molecule has 1 fully saturated rings. The van der Waals surface area contributed by atoms with Gasteiger partial charge in [-0.15, -0.1) is 5.10 Å². The highest BCUT2D eigenvalue weighted by Crippen LogP contribution is 2.23. The first-order valence-corrected chi connectivity index (χ1v) is 7.75. The van der Waals surface area contributed by atoms with Crippen LogP contribution in [0.1, 0.15) is 12.8 Å². The summed E-state index contributed by atoms with van der Waals surface area (Å²) in [4.78, 5) is 0. The van der Waals surface area contributed by atoms with Crippen molar-refractivity contribution < 1.29 is 9.50 Å². The summed E-state index contributed by atoms with van der Waals surface area (Å²) in [5.41, 5.74) is 0.785. The fourth-order valence-electron chi connectivity index (χ4n) is 2.76. The second-order valence-corrected chi connectivity index (χ2v) is 6.06. The number of rotatable bonds is 4. The van der Waals surface area contributed by atoms with Crippen LogP contribution in [0.25, 0.3) is 11.3 Å². The third kappa shape index (κ3) is 3.45. The third-order valence-electron chi connectivity index (χ3n) is 4.00. The molecule has 0 bridgehead atoms. The summed E-state index contributed by atoms with van der Waals surface area (Å²) in [6.45, 7) is 2.18. The molecule has 2 unspecified atom stereocenters. The van der Waals surface area contributed by atoms with Crippen molar-refractivity contribution in [2.24, 2.45) is 5.92 Å². The largest absolute Gasteiger partial charge is 0.391 e. The van der Waals surface area contributed by atoms with E-state index in [2.05, 4.69) is 15.6 Å². The summed E-state index contributed by atoms with van der Waals surface area (Å²) < 4.78 is 15.4. The Morgan fingerprint density at radius 2 is 2.36 bits per heavy atom. The molecule has 1 aliphatic heterocycles. The molecule has 22 heavy (non-hydrogen) atoms. The van der Waals surface area contributed by atoms with Gasteiger partial charge in [-0.3, -0.25) is 0 Å². The van der Waals surface area contributed by atoms with Gasteiger partial charge in [-0.1, -0.05) is 16.8 Å². The molecule has 5 nitrogen and oxygen atoms in total. The lowest BCUT2D eigenvalue weighted by molar-refractivity contribution is 0.0725. The predicted molar refractivity (Wildman–Crippen MR) is 82.0 cm³/mol. The zero-order valence-corrected chi connectivity index (χ0v) is 12.8. The van der Waals surface area contributed by atoms with E-state index in [0.29, 0.717) is 22.8 Å². The van der Waals surface area contributed by atoms with E-state index in [-0.39, 0.29) is 5.92 Å². The maximum absolute atomic E-state index is 13.9. The first kappa shape index (κ1) is 15.4. The highest BCUT2D eigenvalue weighted by Gasteiger charge is 2.22. The maximum Gasteiger partial charge on any atom is 0.134 e. The maximum atomic E-state index is 13.9. The first-order valence-electron chi connectivity index (χ1n) is 7.38. The minimum Gasteiger partial charge on any atom is -0.391 e. The van der Waals surface area contributed by atoms with Crippen LogP contribution in [0.2, 0.25) is 5.02 Å². The molecule has 118 valence electrons. The van der Waals surface area contributed by atoms with E-state index in [1.807, 2.05) is 0 Å². The summed E-state index contributed by atoms with van der Waals surface area (Å²) in [6, 6.07) is 4.44. The monoisotopic (exact) mass is 324 g/mol. The number of halogens is 2. The van der Waals surface area contributed by atoms with Gasteiger partial charge in [-0.05, 0) is 43.5 Å². The van der Waals surface area contributed by atoms with Crippen LogP contribution in [0.5, 0.6) is 0 Å². The Labute approximate surface area is 133 Å². The van der Waals surface area contributed by atoms with Gasteiger partial charge in [0.1, 0.15) is 11.5 Å². The molecule has 1 aromatic carbocycles. The molecule has 0 radical (unpaired) electrons. The summed E-state index contributed by atoms with van der Waals surface area (Å²) in [7, 11) is 0. The van der Waals surface area contributed by atoms with E-state index in [1.54, 1.807) is 23.0 Å². The second kappa shape index (κ2) is 6.73. The zero-order valence-electron chi connectivity index (χ0n) is 12.0. The van der Waals surface area contributed by atoms with Crippen molar-refractivity contribution in [3.63, 3.8) is 0 Å². The molecular weight excluding hydrogens is 307 g/mol. The lowest BCUT2D eigenvalue weighted by Crippen LogP contribution is -2.38. The van der Waals surface area contributed by atoms with Crippen molar-refractivity contribution in [2.45, 2.75) is 25.5 Å². The Hall–Kier alpha value is -1.50. The van der Waals surface area contributed by atoms with E-state index in [9.17, 15) is 9.50 Å². The van der Waals surface area contributed by atoms with Gasteiger partial charge < -0.3 is 10.4 Å². The molecule has 0 amide bonds. The molecular formula is C15H18ClFN4O. The number of aliphatic hydroxyl groups is 1. The number of aromatic nitrogens is 3. The Kier molecular flexibility index (Phi) is 4.71. The average molecular weight is 325 g/mol. The number of hydrogen-bond donors (Lipinski definition) is 2. The summed E-state index contributed by atoms with van der Waals surface area (Å²) in [5.74, 6) is -0.217. The van der Waals surface area contributed by atoms with Crippen LogP contribution in [-0.2, 0) is 6.54 Å². The van der Waals surface area contributed by atoms with Crippen molar-refractivity contribution in [1.29, 1.82) is 0 Å². The molecule has 7 heteroatoms. The van der Waals surface area contributed by atoms with Gasteiger partial charge in [0.25, 0.3) is 0 Å². The van der Waals surface area contributed by atoms with E-state index < -0.39 is 11.9 Å². The molecule has 2 heterocycles. The number of nitrogens with zero attached hydrogens (tertiary/aromatic N) is 3. The standard InChI is InChI=1S/C15H18ClFN4O/c16-11-3-4-12(13(17)6-11)14-8-21(20-19-14)9-15(22)10-2-1-5-18-7-10/h3-4,6,8,10,15,18,22H,1-2,5,7,9H2. The van der Waals surface area contributed by atoms with Gasteiger partial charge in [0.2, 0.25) is 0 Å². The lowest BCUT2D eigenvalue weighted by atomic mass is 9.94. The number of nitrogens with one attached hydrogen (secondary N) is 1. The molecule has 3 rings (SSSR count). The number of benzene rings is 1. The topological polar surface area (TPSA) is 63.0 Å². The van der Waals surface area contributed by atoms with Crippen LogP contribution in [0.4, 0.5) is 4.39 Å². The Balaban J connectivity index is 1.70. The summed E-state index contributed by atoms with van der Waals surface area (Å²) in [5, 5.41) is 21.9. The minimum atomic E-state index is -0.489. The van der Waals surface area contributed by atoms with E-state index >= 15 is 0 Å². The second-order valence-electron chi connectivity index (χ2n) is 5.62. The van der Waals surface area contributed by atoms with Gasteiger partial charge in [0.05, 0.1) is 18.8 Å². The Bertz CT molecular complexity index is 642. The van der Waals surface area contributed by atoms with Gasteiger partial charge in [0, 0.05) is 17.1 Å². The molecule has 0 spiro atoms. The highest BCUT2D eigenvalue weighted by atomic mass is 35.5. The van der Waals surface area contributed by atoms with Crippen LogP contribution < -0.4 is 5.32 Å². The fraction of sp³-hybridized carbons (Fsp3) is 0.467. The van der Waals surface area contributed by atoms with Crippen LogP contribution in [0.15, 0.2) is 24.4 Å². The molecule has 2 aromatic rings. The molecule has 1 aromatic heterocycles. The van der Waals surface area contributed by atoms with Crippen molar-refractivity contribution in [3.8, 4) is 11.3 Å². The van der Waals surface area contributed by atoms with Gasteiger partial charge in [0.15, 0.2) is 0 Å². The van der Waals surface area contributed by atoms with Gasteiger partial charge in [-0.2, -0.15) is 0 Å². The van der Waals surface area contributed by atoms with Gasteiger partial charge >= 0.3 is 0 Å². The van der Waals surface area contributed by atoms with E-state index in [0.717, 1.165) is 25.9 Å². The smallest absolute Gasteiger partial charge is 0.134 e. The van der Waals surface area contributed by atoms with Crippen LogP contribution in [-0.4, -0.2) is 39.3 Å². The molecule has 2 atom stereocenters. The summed E-state index contributed by atoms with van der Waals surface area (Å²) in [6.07, 6.45) is 3.23. The molecule has 2 N–H and O–H groups in total. The first-order chi connectivity index (χ1) is 10.6. The molecule has 0 aliphatic carbocycles. The number of hydrogen-bond acceptors (Lipinski definition) is 4. The normalized spacial score (nSPS) is 20.0. The zero-order chi connectivity index (χ0) is 15.5. The SMILES string of the molecule is OC(Cn1cc(-c2ccc(Cl)cc2F)nn1)C1CCCNC1. The van der Waals surface area contributed by atoms with Crippen LogP contribution >= 0.6 is 11.6 Å². The van der Waals surface area contributed by atoms with Crippen molar-refractivity contribution in [2.75, 3.05) is 13.1 Å². The number of aliphatic hydroxyl groups excluding tert-OH is 1. The molecule has 0 saturated carbocycles. The van der Waals surface area contributed by atoms with Gasteiger partial charge in [-0.25, -0.2) is 9.07 Å². The number of piperidine rings is 1. The van der Waals surface area contributed by atoms with Crippen molar-refractivity contribution in [1.82, 2.24) is 20.3 Å². The van der Waals surface area contributed by atoms with Crippen LogP contribution in [0, 0.1) is 11.7 Å².